The molecule has 1 aliphatic rings. The van der Waals surface area contributed by atoms with Gasteiger partial charge in [0, 0.05) is 12.2 Å². The van der Waals surface area contributed by atoms with Crippen molar-refractivity contribution in [2.45, 2.75) is 44.5 Å². The lowest BCUT2D eigenvalue weighted by atomic mass is 9.82. The summed E-state index contributed by atoms with van der Waals surface area (Å²) in [6.07, 6.45) is 5.88. The topological polar surface area (TPSA) is 63.2 Å². The molecule has 4 atom stereocenters. The van der Waals surface area contributed by atoms with Gasteiger partial charge in [0.15, 0.2) is 0 Å². The smallest absolute Gasteiger partial charge is 0.120 e. The number of furan rings is 1. The third-order valence-electron chi connectivity index (χ3n) is 3.77. The number of aryl methyl sites for hydroxylation is 1. The summed E-state index contributed by atoms with van der Waals surface area (Å²) in [6, 6.07) is 4.20. The Morgan fingerprint density at radius 2 is 2.42 bits per heavy atom. The number of nitrogens with one attached hydrogen (secondary N) is 1. The number of rotatable bonds is 4. The zero-order chi connectivity index (χ0) is 13.4. The van der Waals surface area contributed by atoms with Crippen molar-refractivity contribution < 1.29 is 9.52 Å². The maximum Gasteiger partial charge on any atom is 0.120 e. The Balaban J connectivity index is 1.68. The largest absolute Gasteiger partial charge is 0.468 e. The highest BCUT2D eigenvalue weighted by atomic mass is 16.3. The Kier molecular flexibility index (Phi) is 3.16. The first-order chi connectivity index (χ1) is 9.15. The molecule has 2 N–H and O–H groups in total. The number of hydrogen-bond donors (Lipinski definition) is 2. The third-order valence-corrected chi connectivity index (χ3v) is 3.77. The fraction of sp³-hybridized carbons (Fsp3) is 0.500. The van der Waals surface area contributed by atoms with Crippen LogP contribution in [0.15, 0.2) is 35.2 Å². The van der Waals surface area contributed by atoms with Crippen LogP contribution in [-0.4, -0.2) is 27.0 Å². The van der Waals surface area contributed by atoms with Crippen molar-refractivity contribution in [3.63, 3.8) is 0 Å². The molecule has 1 saturated carbocycles. The summed E-state index contributed by atoms with van der Waals surface area (Å²) < 4.78 is 7.25. The lowest BCUT2D eigenvalue weighted by molar-refractivity contribution is -0.0119. The zero-order valence-corrected chi connectivity index (χ0v) is 11.2. The standard InChI is InChI=1S/C14H19N3O2/c1-9-7-15-17(8-9)14-11(6-12(14)18)16-10(2)13-4-3-5-19-13/h3-5,7-8,10-12,14,16,18H,6H2,1-2H3/t10?,11-,12+,14+/m0/s1. The minimum Gasteiger partial charge on any atom is -0.468 e. The predicted molar refractivity (Wildman–Crippen MR) is 70.7 cm³/mol. The SMILES string of the molecule is Cc1cnn([C@H]2[C@H](O)C[C@@H]2NC(C)c2ccco2)c1. The molecule has 102 valence electrons. The van der Waals surface area contributed by atoms with Gasteiger partial charge in [-0.15, -0.1) is 0 Å². The fourth-order valence-electron chi connectivity index (χ4n) is 2.68. The second-order valence-electron chi connectivity index (χ2n) is 5.30. The summed E-state index contributed by atoms with van der Waals surface area (Å²) in [5.74, 6) is 0.914. The zero-order valence-electron chi connectivity index (χ0n) is 11.2. The van der Waals surface area contributed by atoms with Gasteiger partial charge in [-0.2, -0.15) is 5.10 Å². The Bertz CT molecular complexity index is 535. The average molecular weight is 261 g/mol. The first-order valence-electron chi connectivity index (χ1n) is 6.63. The maximum atomic E-state index is 9.96. The van der Waals surface area contributed by atoms with Gasteiger partial charge in [0.1, 0.15) is 5.76 Å². The summed E-state index contributed by atoms with van der Waals surface area (Å²) in [4.78, 5) is 0. The van der Waals surface area contributed by atoms with E-state index in [0.29, 0.717) is 0 Å². The lowest BCUT2D eigenvalue weighted by Crippen LogP contribution is -2.55. The number of nitrogens with zero attached hydrogens (tertiary/aromatic N) is 2. The Morgan fingerprint density at radius 3 is 3.00 bits per heavy atom. The highest BCUT2D eigenvalue weighted by Gasteiger charge is 2.42. The Hall–Kier alpha value is -1.59. The second kappa shape index (κ2) is 4.83. The third kappa shape index (κ3) is 2.31. The first-order valence-corrected chi connectivity index (χ1v) is 6.63. The highest BCUT2D eigenvalue weighted by molar-refractivity contribution is 5.09. The van der Waals surface area contributed by atoms with E-state index in [9.17, 15) is 5.11 Å². The normalized spacial score (nSPS) is 28.1. The van der Waals surface area contributed by atoms with Gasteiger partial charge in [0.25, 0.3) is 0 Å². The van der Waals surface area contributed by atoms with Crippen LogP contribution >= 0.6 is 0 Å². The predicted octanol–water partition coefficient (Wildman–Crippen LogP) is 1.81. The molecule has 2 heterocycles. The molecule has 1 unspecified atom stereocenters. The van der Waals surface area contributed by atoms with Crippen molar-refractivity contribution in [3.8, 4) is 0 Å². The molecule has 0 bridgehead atoms. The van der Waals surface area contributed by atoms with Gasteiger partial charge in [-0.05, 0) is 38.0 Å². The molecule has 2 aromatic heterocycles. The van der Waals surface area contributed by atoms with Crippen LogP contribution in [-0.2, 0) is 0 Å². The molecule has 5 heteroatoms. The molecule has 0 spiro atoms. The van der Waals surface area contributed by atoms with Gasteiger partial charge < -0.3 is 14.8 Å². The van der Waals surface area contributed by atoms with E-state index < -0.39 is 0 Å². The van der Waals surface area contributed by atoms with Crippen LogP contribution in [0.4, 0.5) is 0 Å². The van der Waals surface area contributed by atoms with Gasteiger partial charge in [0.2, 0.25) is 0 Å². The molecule has 0 saturated heterocycles. The molecule has 3 rings (SSSR count). The van der Waals surface area contributed by atoms with E-state index in [4.69, 9.17) is 4.42 Å². The van der Waals surface area contributed by atoms with Crippen LogP contribution in [0.1, 0.15) is 36.8 Å². The summed E-state index contributed by atoms with van der Waals surface area (Å²) in [5, 5.41) is 17.8. The summed E-state index contributed by atoms with van der Waals surface area (Å²) in [7, 11) is 0. The molecule has 5 nitrogen and oxygen atoms in total. The van der Waals surface area contributed by atoms with Crippen molar-refractivity contribution in [1.82, 2.24) is 15.1 Å². The number of aromatic nitrogens is 2. The summed E-state index contributed by atoms with van der Waals surface area (Å²) in [5.41, 5.74) is 1.11. The molecule has 1 fully saturated rings. The second-order valence-corrected chi connectivity index (χ2v) is 5.30. The molecule has 19 heavy (non-hydrogen) atoms. The van der Waals surface area contributed by atoms with Crippen LogP contribution in [0.25, 0.3) is 0 Å². The quantitative estimate of drug-likeness (QED) is 0.881. The van der Waals surface area contributed by atoms with E-state index in [2.05, 4.69) is 17.3 Å². The van der Waals surface area contributed by atoms with E-state index in [0.717, 1.165) is 17.7 Å². The Morgan fingerprint density at radius 1 is 1.58 bits per heavy atom. The molecular weight excluding hydrogens is 242 g/mol. The van der Waals surface area contributed by atoms with E-state index in [-0.39, 0.29) is 24.2 Å². The fourth-order valence-corrected chi connectivity index (χ4v) is 2.68. The molecule has 2 aromatic rings. The molecular formula is C14H19N3O2. The van der Waals surface area contributed by atoms with Crippen molar-refractivity contribution in [3.05, 3.63) is 42.1 Å². The van der Waals surface area contributed by atoms with Crippen molar-refractivity contribution in [2.75, 3.05) is 0 Å². The first kappa shape index (κ1) is 12.4. The summed E-state index contributed by atoms with van der Waals surface area (Å²) >= 11 is 0. The Labute approximate surface area is 112 Å². The average Bonchev–Trinajstić information content (AvgIpc) is 3.00. The van der Waals surface area contributed by atoms with E-state index in [1.165, 1.54) is 0 Å². The van der Waals surface area contributed by atoms with E-state index >= 15 is 0 Å². The van der Waals surface area contributed by atoms with Crippen molar-refractivity contribution >= 4 is 0 Å². The number of aliphatic hydroxyl groups is 1. The highest BCUT2D eigenvalue weighted by Crippen LogP contribution is 2.34. The van der Waals surface area contributed by atoms with Crippen molar-refractivity contribution in [1.29, 1.82) is 0 Å². The maximum absolute atomic E-state index is 9.96. The minimum absolute atomic E-state index is 0.00566. The van der Waals surface area contributed by atoms with Crippen LogP contribution in [0.3, 0.4) is 0 Å². The monoisotopic (exact) mass is 261 g/mol. The van der Waals surface area contributed by atoms with Crippen LogP contribution in [0, 0.1) is 6.92 Å². The van der Waals surface area contributed by atoms with Crippen LogP contribution < -0.4 is 5.32 Å². The van der Waals surface area contributed by atoms with Gasteiger partial charge in [-0.3, -0.25) is 4.68 Å². The molecule has 0 aromatic carbocycles. The van der Waals surface area contributed by atoms with Crippen LogP contribution in [0.2, 0.25) is 0 Å². The van der Waals surface area contributed by atoms with Crippen molar-refractivity contribution in [2.24, 2.45) is 0 Å². The van der Waals surface area contributed by atoms with Gasteiger partial charge in [-0.1, -0.05) is 0 Å². The molecule has 0 radical (unpaired) electrons. The van der Waals surface area contributed by atoms with E-state index in [1.807, 2.05) is 36.1 Å². The van der Waals surface area contributed by atoms with Gasteiger partial charge in [0.05, 0.1) is 30.6 Å². The lowest BCUT2D eigenvalue weighted by Gasteiger charge is -2.43. The molecule has 0 amide bonds. The van der Waals surface area contributed by atoms with Gasteiger partial charge in [-0.25, -0.2) is 0 Å². The molecule has 1 aliphatic carbocycles. The molecule has 0 aliphatic heterocycles. The van der Waals surface area contributed by atoms with E-state index in [1.54, 1.807) is 6.26 Å². The number of aliphatic hydroxyl groups excluding tert-OH is 1. The number of hydrogen-bond acceptors (Lipinski definition) is 4. The van der Waals surface area contributed by atoms with Gasteiger partial charge >= 0.3 is 0 Å². The summed E-state index contributed by atoms with van der Waals surface area (Å²) in [6.45, 7) is 4.07. The minimum atomic E-state index is -0.333. The van der Waals surface area contributed by atoms with Crippen LogP contribution in [0.5, 0.6) is 0 Å².